The van der Waals surface area contributed by atoms with E-state index in [0.717, 1.165) is 32.7 Å². The molecule has 32 heavy (non-hydrogen) atoms. The summed E-state index contributed by atoms with van der Waals surface area (Å²) in [6, 6.07) is 33.7. The molecular formula is C28H24N2S2. The fourth-order valence-electron chi connectivity index (χ4n) is 4.14. The van der Waals surface area contributed by atoms with Crippen LogP contribution in [0.1, 0.15) is 11.1 Å². The third kappa shape index (κ3) is 4.04. The first-order valence-electron chi connectivity index (χ1n) is 10.6. The number of nitrogen functional groups attached to an aromatic ring is 2. The third-order valence-electron chi connectivity index (χ3n) is 5.74. The number of benzene rings is 5. The Morgan fingerprint density at radius 1 is 0.438 bits per heavy atom. The maximum absolute atomic E-state index is 6.21. The number of hydrogen-bond acceptors (Lipinski definition) is 4. The average Bonchev–Trinajstić information content (AvgIpc) is 2.83. The van der Waals surface area contributed by atoms with Crippen molar-refractivity contribution in [2.75, 3.05) is 11.5 Å². The Balaban J connectivity index is 1.60. The van der Waals surface area contributed by atoms with Gasteiger partial charge in [0.1, 0.15) is 0 Å². The average molecular weight is 453 g/mol. The van der Waals surface area contributed by atoms with Gasteiger partial charge in [0.15, 0.2) is 0 Å². The van der Waals surface area contributed by atoms with Crippen molar-refractivity contribution in [3.63, 3.8) is 0 Å². The van der Waals surface area contributed by atoms with Gasteiger partial charge in [0.2, 0.25) is 0 Å². The van der Waals surface area contributed by atoms with Crippen LogP contribution in [0.2, 0.25) is 0 Å². The summed E-state index contributed by atoms with van der Waals surface area (Å²) in [4.78, 5) is 2.25. The van der Waals surface area contributed by atoms with Crippen LogP contribution in [-0.4, -0.2) is 0 Å². The van der Waals surface area contributed by atoms with Crippen molar-refractivity contribution in [1.82, 2.24) is 0 Å². The standard InChI is InChI=1S/C28H24N2S2/c29-25-13-5-7-15-27(25)31-17-23-19-9-1-2-10-20(19)24(22-12-4-3-11-21(22)23)18-32-28-16-8-6-14-26(28)30/h1-16H,17-18,29-30H2. The molecule has 5 aromatic rings. The summed E-state index contributed by atoms with van der Waals surface area (Å²) >= 11 is 3.60. The van der Waals surface area contributed by atoms with Gasteiger partial charge in [-0.1, -0.05) is 72.8 Å². The number of para-hydroxylation sites is 2. The minimum Gasteiger partial charge on any atom is -0.398 e. The second kappa shape index (κ2) is 9.19. The number of thioether (sulfide) groups is 2. The molecule has 0 saturated heterocycles. The molecule has 4 heteroatoms. The number of fused-ring (bicyclic) bond motifs is 2. The number of hydrogen-bond donors (Lipinski definition) is 2. The van der Waals surface area contributed by atoms with Crippen molar-refractivity contribution >= 4 is 56.4 Å². The van der Waals surface area contributed by atoms with E-state index < -0.39 is 0 Å². The van der Waals surface area contributed by atoms with Gasteiger partial charge in [-0.3, -0.25) is 0 Å². The Morgan fingerprint density at radius 3 is 1.09 bits per heavy atom. The fraction of sp³-hybridized carbons (Fsp3) is 0.0714. The van der Waals surface area contributed by atoms with Gasteiger partial charge < -0.3 is 11.5 Å². The van der Waals surface area contributed by atoms with Crippen LogP contribution in [0.5, 0.6) is 0 Å². The lowest BCUT2D eigenvalue weighted by Gasteiger charge is -2.17. The predicted octanol–water partition coefficient (Wildman–Crippen LogP) is 7.74. The first-order chi connectivity index (χ1) is 15.7. The van der Waals surface area contributed by atoms with Crippen LogP contribution in [0.25, 0.3) is 21.5 Å². The number of rotatable bonds is 6. The molecule has 0 fully saturated rings. The first-order valence-corrected chi connectivity index (χ1v) is 12.6. The van der Waals surface area contributed by atoms with Gasteiger partial charge in [0.05, 0.1) is 0 Å². The maximum Gasteiger partial charge on any atom is 0.0452 e. The summed E-state index contributed by atoms with van der Waals surface area (Å²) in [5, 5.41) is 5.24. The molecule has 0 amide bonds. The highest BCUT2D eigenvalue weighted by Gasteiger charge is 2.15. The zero-order chi connectivity index (χ0) is 21.9. The van der Waals surface area contributed by atoms with Crippen molar-refractivity contribution in [3.8, 4) is 0 Å². The Hall–Kier alpha value is -3.08. The fourth-order valence-corrected chi connectivity index (χ4v) is 6.18. The molecule has 0 aliphatic rings. The molecular weight excluding hydrogens is 428 g/mol. The molecule has 0 radical (unpaired) electrons. The van der Waals surface area contributed by atoms with E-state index in [9.17, 15) is 0 Å². The lowest BCUT2D eigenvalue weighted by atomic mass is 9.93. The molecule has 2 nitrogen and oxygen atoms in total. The lowest BCUT2D eigenvalue weighted by molar-refractivity contribution is 1.40. The summed E-state index contributed by atoms with van der Waals surface area (Å²) in [5.74, 6) is 1.74. The van der Waals surface area contributed by atoms with E-state index in [4.69, 9.17) is 11.5 Å². The SMILES string of the molecule is Nc1ccccc1SCc1c2ccccc2c(CSc2ccccc2N)c2ccccc12. The lowest BCUT2D eigenvalue weighted by Crippen LogP contribution is -1.95. The monoisotopic (exact) mass is 452 g/mol. The van der Waals surface area contributed by atoms with E-state index in [1.807, 2.05) is 36.4 Å². The Kier molecular flexibility index (Phi) is 5.97. The van der Waals surface area contributed by atoms with Crippen molar-refractivity contribution in [2.24, 2.45) is 0 Å². The summed E-state index contributed by atoms with van der Waals surface area (Å²) in [6.07, 6.45) is 0. The molecule has 0 aliphatic heterocycles. The van der Waals surface area contributed by atoms with Gasteiger partial charge in [-0.05, 0) is 56.9 Å². The van der Waals surface area contributed by atoms with E-state index >= 15 is 0 Å². The molecule has 0 saturated carbocycles. The van der Waals surface area contributed by atoms with Crippen LogP contribution < -0.4 is 11.5 Å². The zero-order valence-electron chi connectivity index (χ0n) is 17.6. The van der Waals surface area contributed by atoms with Crippen molar-refractivity contribution in [3.05, 3.63) is 108 Å². The predicted molar refractivity (Wildman–Crippen MR) is 142 cm³/mol. The van der Waals surface area contributed by atoms with E-state index in [1.165, 1.54) is 32.7 Å². The van der Waals surface area contributed by atoms with Gasteiger partial charge >= 0.3 is 0 Å². The van der Waals surface area contributed by atoms with Crippen molar-refractivity contribution in [1.29, 1.82) is 0 Å². The first kappa shape index (κ1) is 20.8. The van der Waals surface area contributed by atoms with E-state index in [1.54, 1.807) is 23.5 Å². The minimum atomic E-state index is 0.833. The molecule has 158 valence electrons. The quantitative estimate of drug-likeness (QED) is 0.157. The zero-order valence-corrected chi connectivity index (χ0v) is 19.3. The van der Waals surface area contributed by atoms with Crippen LogP contribution in [0, 0.1) is 0 Å². The van der Waals surface area contributed by atoms with Crippen LogP contribution in [0.3, 0.4) is 0 Å². The number of anilines is 2. The summed E-state index contributed by atoms with van der Waals surface area (Å²) in [6.45, 7) is 0. The molecule has 0 unspecified atom stereocenters. The third-order valence-corrected chi connectivity index (χ3v) is 7.97. The molecule has 0 heterocycles. The second-order valence-corrected chi connectivity index (χ2v) is 9.74. The highest BCUT2D eigenvalue weighted by Crippen LogP contribution is 2.40. The van der Waals surface area contributed by atoms with Crippen LogP contribution >= 0.6 is 23.5 Å². The Bertz CT molecular complexity index is 1250. The van der Waals surface area contributed by atoms with Gasteiger partial charge in [0, 0.05) is 32.7 Å². The van der Waals surface area contributed by atoms with Gasteiger partial charge in [-0.2, -0.15) is 0 Å². The number of nitrogens with two attached hydrogens (primary N) is 2. The second-order valence-electron chi connectivity index (χ2n) is 7.70. The highest BCUT2D eigenvalue weighted by atomic mass is 32.2. The molecule has 4 N–H and O–H groups in total. The highest BCUT2D eigenvalue weighted by molar-refractivity contribution is 7.99. The van der Waals surface area contributed by atoms with Crippen LogP contribution in [0.4, 0.5) is 11.4 Å². The minimum absolute atomic E-state index is 0.833. The van der Waals surface area contributed by atoms with E-state index in [-0.39, 0.29) is 0 Å². The molecule has 0 aliphatic carbocycles. The van der Waals surface area contributed by atoms with Crippen molar-refractivity contribution in [2.45, 2.75) is 21.3 Å². The molecule has 5 aromatic carbocycles. The van der Waals surface area contributed by atoms with Gasteiger partial charge in [0.25, 0.3) is 0 Å². The molecule has 0 bridgehead atoms. The smallest absolute Gasteiger partial charge is 0.0452 e. The normalized spacial score (nSPS) is 11.2. The summed E-state index contributed by atoms with van der Waals surface area (Å²) in [5.41, 5.74) is 16.8. The van der Waals surface area contributed by atoms with Gasteiger partial charge in [-0.25, -0.2) is 0 Å². The van der Waals surface area contributed by atoms with Crippen LogP contribution in [-0.2, 0) is 11.5 Å². The largest absolute Gasteiger partial charge is 0.398 e. The molecule has 0 spiro atoms. The maximum atomic E-state index is 6.21. The molecule has 5 rings (SSSR count). The molecule has 0 atom stereocenters. The topological polar surface area (TPSA) is 52.0 Å². The van der Waals surface area contributed by atoms with E-state index in [2.05, 4.69) is 60.7 Å². The Labute approximate surface area is 197 Å². The summed E-state index contributed by atoms with van der Waals surface area (Å²) in [7, 11) is 0. The Morgan fingerprint density at radius 2 is 0.750 bits per heavy atom. The van der Waals surface area contributed by atoms with E-state index in [0.29, 0.717) is 0 Å². The van der Waals surface area contributed by atoms with Crippen LogP contribution in [0.15, 0.2) is 107 Å². The molecule has 0 aromatic heterocycles. The van der Waals surface area contributed by atoms with Crippen molar-refractivity contribution < 1.29 is 0 Å². The summed E-state index contributed by atoms with van der Waals surface area (Å²) < 4.78 is 0. The van der Waals surface area contributed by atoms with Gasteiger partial charge in [-0.15, -0.1) is 23.5 Å².